The van der Waals surface area contributed by atoms with Gasteiger partial charge in [-0.05, 0) is 19.4 Å². The lowest BCUT2D eigenvalue weighted by Gasteiger charge is -2.22. The Labute approximate surface area is 136 Å². The average molecular weight is 356 g/mol. The molecule has 21 heavy (non-hydrogen) atoms. The average Bonchev–Trinajstić information content (AvgIpc) is 2.34. The fourth-order valence-electron chi connectivity index (χ4n) is 1.61. The Morgan fingerprint density at radius 1 is 1.14 bits per heavy atom. The molecule has 2 N–H and O–H groups in total. The molecule has 0 spiro atoms. The summed E-state index contributed by atoms with van der Waals surface area (Å²) in [5.74, 6) is -2.13. The van der Waals surface area contributed by atoms with Gasteiger partial charge in [0.2, 0.25) is 0 Å². The Kier molecular flexibility index (Phi) is 6.13. The molecule has 1 unspecified atom stereocenters. The third-order valence-electron chi connectivity index (χ3n) is 2.94. The van der Waals surface area contributed by atoms with Gasteiger partial charge in [0, 0.05) is 6.07 Å². The van der Waals surface area contributed by atoms with Gasteiger partial charge >= 0.3 is 11.9 Å². The maximum absolute atomic E-state index is 11.2. The number of carbonyl (C=O) groups is 2. The van der Waals surface area contributed by atoms with Crippen molar-refractivity contribution in [2.45, 2.75) is 19.8 Å². The molecule has 0 saturated heterocycles. The predicted octanol–water partition coefficient (Wildman–Crippen LogP) is 3.98. The van der Waals surface area contributed by atoms with E-state index in [0.717, 1.165) is 0 Å². The van der Waals surface area contributed by atoms with Crippen LogP contribution in [0.15, 0.2) is 12.1 Å². The van der Waals surface area contributed by atoms with Crippen molar-refractivity contribution in [1.82, 2.24) is 0 Å². The highest BCUT2D eigenvalue weighted by molar-refractivity contribution is 6.43. The monoisotopic (exact) mass is 354 g/mol. The highest BCUT2D eigenvalue weighted by Crippen LogP contribution is 2.34. The quantitative estimate of drug-likeness (QED) is 0.723. The van der Waals surface area contributed by atoms with Gasteiger partial charge < -0.3 is 14.9 Å². The smallest absolute Gasteiger partial charge is 0.310 e. The van der Waals surface area contributed by atoms with Gasteiger partial charge in [0.05, 0.1) is 33.5 Å². The number of benzene rings is 1. The van der Waals surface area contributed by atoms with Crippen LogP contribution in [0.25, 0.3) is 0 Å². The lowest BCUT2D eigenvalue weighted by atomic mass is 9.84. The minimum Gasteiger partial charge on any atom is -0.492 e. The predicted molar refractivity (Wildman–Crippen MR) is 79.6 cm³/mol. The van der Waals surface area contributed by atoms with Crippen LogP contribution >= 0.6 is 34.8 Å². The summed E-state index contributed by atoms with van der Waals surface area (Å²) in [4.78, 5) is 21.9. The van der Waals surface area contributed by atoms with Crippen molar-refractivity contribution >= 4 is 46.7 Å². The molecule has 5 nitrogen and oxygen atoms in total. The SMILES string of the molecule is CC(CCOc1cc(Cl)c(Cl)cc1Cl)(CC(=O)O)C(=O)O. The van der Waals surface area contributed by atoms with Crippen molar-refractivity contribution in [3.63, 3.8) is 0 Å². The van der Waals surface area contributed by atoms with E-state index < -0.39 is 23.8 Å². The van der Waals surface area contributed by atoms with E-state index in [1.165, 1.54) is 19.1 Å². The number of rotatable bonds is 7. The summed E-state index contributed by atoms with van der Waals surface area (Å²) >= 11 is 17.5. The van der Waals surface area contributed by atoms with Crippen LogP contribution in [0, 0.1) is 5.41 Å². The number of halogens is 3. The molecule has 1 atom stereocenters. The van der Waals surface area contributed by atoms with Crippen molar-refractivity contribution in [2.75, 3.05) is 6.61 Å². The van der Waals surface area contributed by atoms with Crippen molar-refractivity contribution in [2.24, 2.45) is 5.41 Å². The molecule has 0 aromatic heterocycles. The normalized spacial score (nSPS) is 13.5. The molecule has 0 fully saturated rings. The molecule has 0 aliphatic heterocycles. The lowest BCUT2D eigenvalue weighted by Crippen LogP contribution is -2.32. The molecule has 0 radical (unpaired) electrons. The Balaban J connectivity index is 2.73. The first-order chi connectivity index (χ1) is 9.65. The maximum atomic E-state index is 11.2. The first-order valence-electron chi connectivity index (χ1n) is 5.88. The van der Waals surface area contributed by atoms with Gasteiger partial charge in [-0.25, -0.2) is 0 Å². The zero-order chi connectivity index (χ0) is 16.2. The fraction of sp³-hybridized carbons (Fsp3) is 0.385. The minimum atomic E-state index is -1.42. The fourth-order valence-corrected chi connectivity index (χ4v) is 2.20. The molecule has 0 aliphatic rings. The number of aliphatic carboxylic acids is 2. The Morgan fingerprint density at radius 3 is 2.24 bits per heavy atom. The van der Waals surface area contributed by atoms with E-state index in [0.29, 0.717) is 0 Å². The Morgan fingerprint density at radius 2 is 1.71 bits per heavy atom. The third kappa shape index (κ3) is 4.95. The molecule has 8 heteroatoms. The van der Waals surface area contributed by atoms with Crippen molar-refractivity contribution in [1.29, 1.82) is 0 Å². The number of hydrogen-bond donors (Lipinski definition) is 2. The van der Waals surface area contributed by atoms with Gasteiger partial charge in [0.15, 0.2) is 0 Å². The van der Waals surface area contributed by atoms with E-state index in [-0.39, 0.29) is 33.8 Å². The zero-order valence-electron chi connectivity index (χ0n) is 11.0. The molecular weight excluding hydrogens is 342 g/mol. The molecule has 0 bridgehead atoms. The second-order valence-corrected chi connectivity index (χ2v) is 5.95. The van der Waals surface area contributed by atoms with Gasteiger partial charge in [-0.3, -0.25) is 9.59 Å². The molecule has 0 amide bonds. The van der Waals surface area contributed by atoms with Crippen LogP contribution in [0.2, 0.25) is 15.1 Å². The van der Waals surface area contributed by atoms with Crippen LogP contribution < -0.4 is 4.74 Å². The topological polar surface area (TPSA) is 83.8 Å². The highest BCUT2D eigenvalue weighted by Gasteiger charge is 2.35. The zero-order valence-corrected chi connectivity index (χ0v) is 13.3. The van der Waals surface area contributed by atoms with Crippen LogP contribution in [0.4, 0.5) is 0 Å². The van der Waals surface area contributed by atoms with Gasteiger partial charge in [-0.2, -0.15) is 0 Å². The van der Waals surface area contributed by atoms with Gasteiger partial charge in [0.1, 0.15) is 5.75 Å². The summed E-state index contributed by atoms with van der Waals surface area (Å²) in [5, 5.41) is 18.7. The standard InChI is InChI=1S/C13H13Cl3O5/c1-13(12(19)20,6-11(17)18)2-3-21-10-5-8(15)7(14)4-9(10)16/h4-5H,2-3,6H2,1H3,(H,17,18)(H,19,20). The molecule has 0 saturated carbocycles. The van der Waals surface area contributed by atoms with Gasteiger partial charge in [0.25, 0.3) is 0 Å². The van der Waals surface area contributed by atoms with E-state index >= 15 is 0 Å². The van der Waals surface area contributed by atoms with Crippen LogP contribution in [0.5, 0.6) is 5.75 Å². The van der Waals surface area contributed by atoms with Crippen LogP contribution in [-0.4, -0.2) is 28.8 Å². The Bertz CT molecular complexity index is 561. The molecule has 0 aliphatic carbocycles. The summed E-state index contributed by atoms with van der Waals surface area (Å²) < 4.78 is 5.37. The first kappa shape index (κ1) is 17.9. The summed E-state index contributed by atoms with van der Waals surface area (Å²) in [7, 11) is 0. The molecular formula is C13H13Cl3O5. The second kappa shape index (κ2) is 7.20. The highest BCUT2D eigenvalue weighted by atomic mass is 35.5. The molecule has 0 heterocycles. The maximum Gasteiger partial charge on any atom is 0.310 e. The van der Waals surface area contributed by atoms with E-state index in [4.69, 9.17) is 49.8 Å². The number of carboxylic acids is 2. The van der Waals surface area contributed by atoms with E-state index in [9.17, 15) is 9.59 Å². The summed E-state index contributed by atoms with van der Waals surface area (Å²) in [5.41, 5.74) is -1.42. The van der Waals surface area contributed by atoms with E-state index in [1.54, 1.807) is 0 Å². The molecule has 1 rings (SSSR count). The van der Waals surface area contributed by atoms with Crippen molar-refractivity contribution in [3.8, 4) is 5.75 Å². The summed E-state index contributed by atoms with van der Waals surface area (Å²) in [6.45, 7) is 1.33. The summed E-state index contributed by atoms with van der Waals surface area (Å²) in [6, 6.07) is 2.83. The van der Waals surface area contributed by atoms with E-state index in [2.05, 4.69) is 0 Å². The lowest BCUT2D eigenvalue weighted by molar-refractivity contribution is -0.155. The van der Waals surface area contributed by atoms with Crippen molar-refractivity contribution in [3.05, 3.63) is 27.2 Å². The van der Waals surface area contributed by atoms with Crippen LogP contribution in [0.1, 0.15) is 19.8 Å². The van der Waals surface area contributed by atoms with Crippen LogP contribution in [-0.2, 0) is 9.59 Å². The van der Waals surface area contributed by atoms with Gasteiger partial charge in [-0.1, -0.05) is 34.8 Å². The van der Waals surface area contributed by atoms with Crippen molar-refractivity contribution < 1.29 is 24.5 Å². The minimum absolute atomic E-state index is 0.00517. The molecule has 1 aromatic carbocycles. The molecule has 116 valence electrons. The number of hydrogen-bond acceptors (Lipinski definition) is 3. The van der Waals surface area contributed by atoms with Gasteiger partial charge in [-0.15, -0.1) is 0 Å². The third-order valence-corrected chi connectivity index (χ3v) is 3.96. The second-order valence-electron chi connectivity index (χ2n) is 4.73. The summed E-state index contributed by atoms with van der Waals surface area (Å²) in [6.07, 6.45) is -0.494. The molecule has 1 aromatic rings. The first-order valence-corrected chi connectivity index (χ1v) is 7.01. The van der Waals surface area contributed by atoms with E-state index in [1.807, 2.05) is 0 Å². The number of carboxylic acid groups (broad SMARTS) is 2. The van der Waals surface area contributed by atoms with Crippen LogP contribution in [0.3, 0.4) is 0 Å². The Hall–Kier alpha value is -1.17. The largest absolute Gasteiger partial charge is 0.492 e. The number of ether oxygens (including phenoxy) is 1.